The second kappa shape index (κ2) is 6.11. The number of fused-ring (bicyclic) bond motifs is 1. The maximum Gasteiger partial charge on any atom is 0.296 e. The van der Waals surface area contributed by atoms with Crippen LogP contribution in [0.2, 0.25) is 0 Å². The molecule has 26 heavy (non-hydrogen) atoms. The Morgan fingerprint density at radius 2 is 2.00 bits per heavy atom. The summed E-state index contributed by atoms with van der Waals surface area (Å²) in [5.74, 6) is -1.26. The third-order valence-electron chi connectivity index (χ3n) is 4.40. The Bertz CT molecular complexity index is 1010. The summed E-state index contributed by atoms with van der Waals surface area (Å²) in [6.07, 6.45) is 1.75. The maximum absolute atomic E-state index is 12.8. The van der Waals surface area contributed by atoms with Gasteiger partial charge in [-0.05, 0) is 24.3 Å². The molecule has 0 aliphatic carbocycles. The fourth-order valence-corrected chi connectivity index (χ4v) is 3.17. The van der Waals surface area contributed by atoms with Crippen LogP contribution in [-0.2, 0) is 9.59 Å². The zero-order chi connectivity index (χ0) is 18.3. The molecule has 1 amide bonds. The number of imidazole rings is 1. The highest BCUT2D eigenvalue weighted by Gasteiger charge is 2.45. The van der Waals surface area contributed by atoms with Gasteiger partial charge in [0.15, 0.2) is 11.5 Å². The maximum atomic E-state index is 12.8. The Labute approximate surface area is 149 Å². The predicted molar refractivity (Wildman–Crippen MR) is 95.5 cm³/mol. The molecule has 2 N–H and O–H groups in total. The van der Waals surface area contributed by atoms with Gasteiger partial charge in [0.1, 0.15) is 6.04 Å². The molecule has 0 spiro atoms. The number of Topliss-reactive ketones (excluding diaryl/α,β-unsaturated/α-hetero) is 1. The highest BCUT2D eigenvalue weighted by Crippen LogP contribution is 2.39. The summed E-state index contributed by atoms with van der Waals surface area (Å²) in [5.41, 5.74) is 1.98. The lowest BCUT2D eigenvalue weighted by Gasteiger charge is -2.23. The van der Waals surface area contributed by atoms with Crippen molar-refractivity contribution in [1.29, 1.82) is 0 Å². The van der Waals surface area contributed by atoms with Crippen molar-refractivity contribution in [2.75, 3.05) is 4.90 Å². The van der Waals surface area contributed by atoms with Crippen molar-refractivity contribution < 1.29 is 14.7 Å². The number of benzene rings is 1. The molecule has 0 fully saturated rings. The summed E-state index contributed by atoms with van der Waals surface area (Å²) < 4.78 is 0. The van der Waals surface area contributed by atoms with Crippen molar-refractivity contribution in [3.05, 3.63) is 65.7 Å². The van der Waals surface area contributed by atoms with Crippen molar-refractivity contribution in [3.63, 3.8) is 0 Å². The van der Waals surface area contributed by atoms with Gasteiger partial charge in [0.25, 0.3) is 5.91 Å². The number of hydrogen-bond acceptors (Lipinski definition) is 5. The van der Waals surface area contributed by atoms with Crippen LogP contribution >= 0.6 is 0 Å². The highest BCUT2D eigenvalue weighted by atomic mass is 16.3. The Kier molecular flexibility index (Phi) is 3.76. The molecule has 0 bridgehead atoms. The number of anilines is 1. The SMILES string of the molecule is CCC(=O)C1=C(O)C(=O)N(c2nc3ccccc3[nH]2)C1c1ccccn1. The third kappa shape index (κ3) is 2.36. The number of nitrogens with one attached hydrogen (secondary N) is 1. The molecule has 3 heterocycles. The minimum atomic E-state index is -0.822. The van der Waals surface area contributed by atoms with E-state index in [4.69, 9.17) is 0 Å². The molecular formula is C19H16N4O3. The van der Waals surface area contributed by atoms with Gasteiger partial charge in [-0.1, -0.05) is 25.1 Å². The van der Waals surface area contributed by atoms with Gasteiger partial charge >= 0.3 is 0 Å². The first-order valence-corrected chi connectivity index (χ1v) is 8.27. The van der Waals surface area contributed by atoms with Gasteiger partial charge in [-0.2, -0.15) is 0 Å². The molecule has 7 heteroatoms. The predicted octanol–water partition coefficient (Wildman–Crippen LogP) is 2.84. The van der Waals surface area contributed by atoms with Crippen LogP contribution in [0.4, 0.5) is 5.95 Å². The van der Waals surface area contributed by atoms with Gasteiger partial charge in [-0.15, -0.1) is 0 Å². The van der Waals surface area contributed by atoms with Crippen LogP contribution in [0.3, 0.4) is 0 Å². The molecule has 130 valence electrons. The van der Waals surface area contributed by atoms with Gasteiger partial charge in [0.05, 0.1) is 22.3 Å². The topological polar surface area (TPSA) is 99.2 Å². The molecule has 1 aliphatic rings. The molecule has 0 saturated carbocycles. The summed E-state index contributed by atoms with van der Waals surface area (Å²) >= 11 is 0. The molecule has 1 aromatic carbocycles. The lowest BCUT2D eigenvalue weighted by molar-refractivity contribution is -0.118. The summed E-state index contributed by atoms with van der Waals surface area (Å²) in [6.45, 7) is 1.69. The highest BCUT2D eigenvalue weighted by molar-refractivity contribution is 6.16. The van der Waals surface area contributed by atoms with E-state index in [0.29, 0.717) is 11.2 Å². The molecule has 4 rings (SSSR count). The van der Waals surface area contributed by atoms with E-state index in [9.17, 15) is 14.7 Å². The molecule has 1 atom stereocenters. The molecule has 0 saturated heterocycles. The number of para-hydroxylation sites is 2. The van der Waals surface area contributed by atoms with Gasteiger partial charge in [-0.25, -0.2) is 4.98 Å². The fraction of sp³-hybridized carbons (Fsp3) is 0.158. The van der Waals surface area contributed by atoms with Crippen LogP contribution in [0.25, 0.3) is 11.0 Å². The lowest BCUT2D eigenvalue weighted by atomic mass is 9.99. The molecule has 2 aromatic heterocycles. The van der Waals surface area contributed by atoms with Crippen molar-refractivity contribution >= 4 is 28.7 Å². The number of amides is 1. The smallest absolute Gasteiger partial charge is 0.296 e. The Balaban J connectivity index is 1.90. The van der Waals surface area contributed by atoms with Crippen LogP contribution in [0.5, 0.6) is 0 Å². The van der Waals surface area contributed by atoms with Gasteiger partial charge in [0, 0.05) is 12.6 Å². The van der Waals surface area contributed by atoms with E-state index in [1.165, 1.54) is 4.90 Å². The minimum Gasteiger partial charge on any atom is -0.503 e. The second-order valence-corrected chi connectivity index (χ2v) is 5.95. The van der Waals surface area contributed by atoms with Crippen molar-refractivity contribution in [3.8, 4) is 0 Å². The van der Waals surface area contributed by atoms with Crippen LogP contribution in [0.1, 0.15) is 25.1 Å². The Morgan fingerprint density at radius 1 is 1.23 bits per heavy atom. The van der Waals surface area contributed by atoms with Gasteiger partial charge in [-0.3, -0.25) is 19.5 Å². The zero-order valence-corrected chi connectivity index (χ0v) is 14.0. The monoisotopic (exact) mass is 348 g/mol. The van der Waals surface area contributed by atoms with Crippen molar-refractivity contribution in [2.24, 2.45) is 0 Å². The fourth-order valence-electron chi connectivity index (χ4n) is 3.17. The first kappa shape index (κ1) is 16.0. The molecule has 3 aromatic rings. The van der Waals surface area contributed by atoms with Crippen LogP contribution in [-0.4, -0.2) is 31.7 Å². The van der Waals surface area contributed by atoms with E-state index in [2.05, 4.69) is 15.0 Å². The van der Waals surface area contributed by atoms with Gasteiger partial charge < -0.3 is 10.1 Å². The van der Waals surface area contributed by atoms with E-state index >= 15 is 0 Å². The van der Waals surface area contributed by atoms with Crippen LogP contribution in [0.15, 0.2) is 60.0 Å². The largest absolute Gasteiger partial charge is 0.503 e. The first-order valence-electron chi connectivity index (χ1n) is 8.27. The number of rotatable bonds is 4. The van der Waals surface area contributed by atoms with E-state index in [1.54, 1.807) is 31.3 Å². The average molecular weight is 348 g/mol. The van der Waals surface area contributed by atoms with Crippen molar-refractivity contribution in [2.45, 2.75) is 19.4 Å². The summed E-state index contributed by atoms with van der Waals surface area (Å²) in [6, 6.07) is 11.8. The number of carbonyl (C=O) groups excluding carboxylic acids is 2. The van der Waals surface area contributed by atoms with Crippen LogP contribution < -0.4 is 4.90 Å². The quantitative estimate of drug-likeness (QED) is 0.755. The second-order valence-electron chi connectivity index (χ2n) is 5.95. The van der Waals surface area contributed by atoms with E-state index < -0.39 is 17.7 Å². The van der Waals surface area contributed by atoms with E-state index in [1.807, 2.05) is 24.3 Å². The molecular weight excluding hydrogens is 332 g/mol. The van der Waals surface area contributed by atoms with E-state index in [0.717, 1.165) is 5.52 Å². The Hall–Kier alpha value is -3.48. The number of aliphatic hydroxyl groups excluding tert-OH is 1. The number of hydrogen-bond donors (Lipinski definition) is 2. The average Bonchev–Trinajstić information content (AvgIpc) is 3.21. The normalized spacial score (nSPS) is 17.3. The van der Waals surface area contributed by atoms with Gasteiger partial charge in [0.2, 0.25) is 5.95 Å². The third-order valence-corrected chi connectivity index (χ3v) is 4.40. The Morgan fingerprint density at radius 3 is 2.69 bits per heavy atom. The minimum absolute atomic E-state index is 0.0525. The summed E-state index contributed by atoms with van der Waals surface area (Å²) in [4.78, 5) is 38.3. The molecule has 0 radical (unpaired) electrons. The number of pyridine rings is 1. The number of aromatic amines is 1. The number of carbonyl (C=O) groups is 2. The first-order chi connectivity index (χ1) is 12.6. The summed E-state index contributed by atoms with van der Waals surface area (Å²) in [7, 11) is 0. The molecule has 1 aliphatic heterocycles. The van der Waals surface area contributed by atoms with Crippen LogP contribution in [0, 0.1) is 0 Å². The number of H-pyrrole nitrogens is 1. The summed E-state index contributed by atoms with van der Waals surface area (Å²) in [5, 5.41) is 10.4. The number of ketones is 1. The molecule has 1 unspecified atom stereocenters. The standard InChI is InChI=1S/C19H16N4O3/c1-2-14(24)15-16(13-9-5-6-10-20-13)23(18(26)17(15)25)19-21-11-7-3-4-8-12(11)22-19/h3-10,16,25H,2H2,1H3,(H,21,22). The number of aliphatic hydroxyl groups is 1. The number of nitrogens with zero attached hydrogens (tertiary/aromatic N) is 3. The van der Waals surface area contributed by atoms with Crippen molar-refractivity contribution in [1.82, 2.24) is 15.0 Å². The van der Waals surface area contributed by atoms with E-state index in [-0.39, 0.29) is 23.7 Å². The zero-order valence-electron chi connectivity index (χ0n) is 14.0. The number of aromatic nitrogens is 3. The lowest BCUT2D eigenvalue weighted by Crippen LogP contribution is -2.32. The molecule has 7 nitrogen and oxygen atoms in total.